The fourth-order valence-corrected chi connectivity index (χ4v) is 1.51. The van der Waals surface area contributed by atoms with Crippen LogP contribution in [0.1, 0.15) is 5.56 Å². The van der Waals surface area contributed by atoms with E-state index < -0.39 is 0 Å². The van der Waals surface area contributed by atoms with Crippen molar-refractivity contribution in [1.82, 2.24) is 9.97 Å². The van der Waals surface area contributed by atoms with Gasteiger partial charge in [0, 0.05) is 24.5 Å². The van der Waals surface area contributed by atoms with Crippen molar-refractivity contribution in [2.24, 2.45) is 5.73 Å². The van der Waals surface area contributed by atoms with Crippen molar-refractivity contribution in [2.75, 3.05) is 0 Å². The fourth-order valence-electron chi connectivity index (χ4n) is 1.31. The molecule has 2 N–H and O–H groups in total. The highest BCUT2D eigenvalue weighted by molar-refractivity contribution is 6.33. The maximum Gasteiger partial charge on any atom is 0.160 e. The van der Waals surface area contributed by atoms with Crippen LogP contribution in [-0.2, 0) is 6.54 Å². The monoisotopic (exact) mass is 219 g/mol. The first kappa shape index (κ1) is 10.1. The Morgan fingerprint density at radius 3 is 2.60 bits per heavy atom. The molecule has 0 saturated carbocycles. The molecule has 0 bridgehead atoms. The Bertz CT molecular complexity index is 457. The van der Waals surface area contributed by atoms with Crippen LogP contribution in [0.3, 0.4) is 0 Å². The number of nitrogens with two attached hydrogens (primary N) is 1. The number of benzene rings is 1. The Morgan fingerprint density at radius 1 is 1.20 bits per heavy atom. The number of halogens is 1. The second kappa shape index (κ2) is 4.38. The number of rotatable bonds is 2. The van der Waals surface area contributed by atoms with Gasteiger partial charge in [0.15, 0.2) is 5.82 Å². The van der Waals surface area contributed by atoms with Crippen LogP contribution in [0.2, 0.25) is 5.02 Å². The van der Waals surface area contributed by atoms with Gasteiger partial charge in [0.05, 0.1) is 5.02 Å². The van der Waals surface area contributed by atoms with E-state index in [9.17, 15) is 0 Å². The van der Waals surface area contributed by atoms with Crippen LogP contribution < -0.4 is 5.73 Å². The Hall–Kier alpha value is -1.45. The Morgan fingerprint density at radius 2 is 1.93 bits per heavy atom. The third-order valence-corrected chi connectivity index (χ3v) is 2.40. The molecule has 3 nitrogen and oxygen atoms in total. The molecule has 0 atom stereocenters. The largest absolute Gasteiger partial charge is 0.326 e. The van der Waals surface area contributed by atoms with Gasteiger partial charge >= 0.3 is 0 Å². The van der Waals surface area contributed by atoms with E-state index in [0.29, 0.717) is 17.4 Å². The zero-order chi connectivity index (χ0) is 10.7. The van der Waals surface area contributed by atoms with Gasteiger partial charge in [-0.05, 0) is 23.8 Å². The van der Waals surface area contributed by atoms with E-state index in [2.05, 4.69) is 9.97 Å². The van der Waals surface area contributed by atoms with Crippen molar-refractivity contribution < 1.29 is 0 Å². The molecule has 76 valence electrons. The highest BCUT2D eigenvalue weighted by Gasteiger charge is 2.06. The Balaban J connectivity index is 2.52. The first-order valence-electron chi connectivity index (χ1n) is 4.57. The molecule has 1 heterocycles. The zero-order valence-electron chi connectivity index (χ0n) is 8.02. The molecular formula is C11H10ClN3. The third-order valence-electron chi connectivity index (χ3n) is 2.07. The predicted octanol–water partition coefficient (Wildman–Crippen LogP) is 2.26. The lowest BCUT2D eigenvalue weighted by Gasteiger charge is -2.04. The lowest BCUT2D eigenvalue weighted by molar-refractivity contribution is 1.07. The lowest BCUT2D eigenvalue weighted by atomic mass is 10.1. The van der Waals surface area contributed by atoms with Gasteiger partial charge in [0.25, 0.3) is 0 Å². The van der Waals surface area contributed by atoms with Crippen LogP contribution in [0, 0.1) is 0 Å². The molecule has 0 aliphatic carbocycles. The molecule has 0 aliphatic rings. The van der Waals surface area contributed by atoms with Crippen LogP contribution in [0.15, 0.2) is 36.7 Å². The average Bonchev–Trinajstić information content (AvgIpc) is 2.31. The van der Waals surface area contributed by atoms with Gasteiger partial charge in [0.1, 0.15) is 0 Å². The van der Waals surface area contributed by atoms with Crippen molar-refractivity contribution in [3.8, 4) is 11.4 Å². The van der Waals surface area contributed by atoms with E-state index in [1.165, 1.54) is 0 Å². The SMILES string of the molecule is NCc1ccc(Cl)c(-c2ncccn2)c1. The van der Waals surface area contributed by atoms with E-state index >= 15 is 0 Å². The van der Waals surface area contributed by atoms with Gasteiger partial charge in [-0.1, -0.05) is 17.7 Å². The van der Waals surface area contributed by atoms with E-state index in [4.69, 9.17) is 17.3 Å². The van der Waals surface area contributed by atoms with E-state index in [1.807, 2.05) is 18.2 Å². The third kappa shape index (κ3) is 2.14. The molecule has 0 spiro atoms. The molecule has 0 amide bonds. The zero-order valence-corrected chi connectivity index (χ0v) is 8.78. The topological polar surface area (TPSA) is 51.8 Å². The highest BCUT2D eigenvalue weighted by atomic mass is 35.5. The molecule has 15 heavy (non-hydrogen) atoms. The molecule has 4 heteroatoms. The maximum absolute atomic E-state index is 6.07. The normalized spacial score (nSPS) is 10.3. The van der Waals surface area contributed by atoms with Crippen LogP contribution in [-0.4, -0.2) is 9.97 Å². The molecule has 0 radical (unpaired) electrons. The van der Waals surface area contributed by atoms with Crippen molar-refractivity contribution >= 4 is 11.6 Å². The average molecular weight is 220 g/mol. The summed E-state index contributed by atoms with van der Waals surface area (Å²) in [4.78, 5) is 8.30. The predicted molar refractivity (Wildman–Crippen MR) is 60.4 cm³/mol. The van der Waals surface area contributed by atoms with Crippen molar-refractivity contribution in [3.05, 3.63) is 47.2 Å². The second-order valence-corrected chi connectivity index (χ2v) is 3.50. The minimum Gasteiger partial charge on any atom is -0.326 e. The van der Waals surface area contributed by atoms with Gasteiger partial charge in [-0.15, -0.1) is 0 Å². The molecular weight excluding hydrogens is 210 g/mol. The van der Waals surface area contributed by atoms with E-state index in [0.717, 1.165) is 11.1 Å². The molecule has 0 unspecified atom stereocenters. The fraction of sp³-hybridized carbons (Fsp3) is 0.0909. The second-order valence-electron chi connectivity index (χ2n) is 3.09. The quantitative estimate of drug-likeness (QED) is 0.843. The smallest absolute Gasteiger partial charge is 0.160 e. The molecule has 2 aromatic rings. The summed E-state index contributed by atoms with van der Waals surface area (Å²) in [5.41, 5.74) is 7.40. The van der Waals surface area contributed by atoms with Crippen LogP contribution in [0.5, 0.6) is 0 Å². The van der Waals surface area contributed by atoms with Crippen LogP contribution in [0.4, 0.5) is 0 Å². The number of aromatic nitrogens is 2. The molecule has 1 aromatic carbocycles. The summed E-state index contributed by atoms with van der Waals surface area (Å²) in [5.74, 6) is 0.623. The molecule has 1 aromatic heterocycles. The standard InChI is InChI=1S/C11H10ClN3/c12-10-3-2-8(7-13)6-9(10)11-14-4-1-5-15-11/h1-6H,7,13H2. The van der Waals surface area contributed by atoms with Crippen molar-refractivity contribution in [2.45, 2.75) is 6.54 Å². The van der Waals surface area contributed by atoms with Gasteiger partial charge in [-0.2, -0.15) is 0 Å². The van der Waals surface area contributed by atoms with Crippen LogP contribution in [0.25, 0.3) is 11.4 Å². The Kier molecular flexibility index (Phi) is 2.94. The molecule has 0 saturated heterocycles. The lowest BCUT2D eigenvalue weighted by Crippen LogP contribution is -1.97. The summed E-state index contributed by atoms with van der Waals surface area (Å²) in [6.45, 7) is 0.483. The van der Waals surface area contributed by atoms with E-state index in [1.54, 1.807) is 18.5 Å². The number of hydrogen-bond acceptors (Lipinski definition) is 3. The van der Waals surface area contributed by atoms with Crippen LogP contribution >= 0.6 is 11.6 Å². The first-order chi connectivity index (χ1) is 7.31. The number of nitrogens with zero attached hydrogens (tertiary/aromatic N) is 2. The summed E-state index contributed by atoms with van der Waals surface area (Å²) in [5, 5.41) is 0.637. The summed E-state index contributed by atoms with van der Waals surface area (Å²) in [7, 11) is 0. The maximum atomic E-state index is 6.07. The van der Waals surface area contributed by atoms with Crippen molar-refractivity contribution in [3.63, 3.8) is 0 Å². The minimum absolute atomic E-state index is 0.483. The van der Waals surface area contributed by atoms with Gasteiger partial charge in [-0.25, -0.2) is 9.97 Å². The summed E-state index contributed by atoms with van der Waals surface area (Å²) in [6, 6.07) is 7.39. The molecule has 2 rings (SSSR count). The molecule has 0 fully saturated rings. The molecule has 0 aliphatic heterocycles. The highest BCUT2D eigenvalue weighted by Crippen LogP contribution is 2.25. The summed E-state index contributed by atoms with van der Waals surface area (Å²) < 4.78 is 0. The minimum atomic E-state index is 0.483. The van der Waals surface area contributed by atoms with Gasteiger partial charge in [-0.3, -0.25) is 0 Å². The summed E-state index contributed by atoms with van der Waals surface area (Å²) in [6.07, 6.45) is 3.38. The van der Waals surface area contributed by atoms with Gasteiger partial charge < -0.3 is 5.73 Å². The summed E-state index contributed by atoms with van der Waals surface area (Å²) >= 11 is 6.07. The number of hydrogen-bond donors (Lipinski definition) is 1. The van der Waals surface area contributed by atoms with Crippen molar-refractivity contribution in [1.29, 1.82) is 0 Å². The first-order valence-corrected chi connectivity index (χ1v) is 4.95. The Labute approximate surface area is 92.9 Å². The van der Waals surface area contributed by atoms with E-state index in [-0.39, 0.29) is 0 Å². The van der Waals surface area contributed by atoms with Gasteiger partial charge in [0.2, 0.25) is 0 Å².